The molecule has 0 radical (unpaired) electrons. The van der Waals surface area contributed by atoms with E-state index in [2.05, 4.69) is 32.2 Å². The van der Waals surface area contributed by atoms with Crippen LogP contribution in [0.4, 0.5) is 0 Å². The average molecular weight is 359 g/mol. The third-order valence-electron chi connectivity index (χ3n) is 5.73. The molecule has 2 aliphatic rings. The number of ether oxygens (including phenoxy) is 1. The zero-order chi connectivity index (χ0) is 16.1. The van der Waals surface area contributed by atoms with Crippen LogP contribution in [0.2, 0.25) is 0 Å². The Morgan fingerprint density at radius 3 is 2.83 bits per heavy atom. The lowest BCUT2D eigenvalue weighted by atomic mass is 9.46. The zero-order valence-electron chi connectivity index (χ0n) is 14.3. The second kappa shape index (κ2) is 6.36. The molecule has 1 aromatic heterocycles. The summed E-state index contributed by atoms with van der Waals surface area (Å²) in [5.74, 6) is 0.202. The molecular weight excluding hydrogens is 332 g/mol. The first kappa shape index (κ1) is 18.7. The van der Waals surface area contributed by atoms with Crippen molar-refractivity contribution in [1.82, 2.24) is 4.90 Å². The van der Waals surface area contributed by atoms with Gasteiger partial charge in [0.25, 0.3) is 0 Å². The minimum atomic E-state index is -0.808. The molecule has 6 heteroatoms. The quantitative estimate of drug-likeness (QED) is 0.903. The SMILES string of the molecule is Cc1ccsc1CN(C)C(=O)C1(N)C2CCCOC2C1(C)C.Cl. The number of carbonyl (C=O) groups excluding carboxylic acids is 1. The molecule has 2 N–H and O–H groups in total. The smallest absolute Gasteiger partial charge is 0.243 e. The zero-order valence-corrected chi connectivity index (χ0v) is 15.9. The summed E-state index contributed by atoms with van der Waals surface area (Å²) < 4.78 is 5.89. The lowest BCUT2D eigenvalue weighted by molar-refractivity contribution is -0.229. The number of carbonyl (C=O) groups is 1. The summed E-state index contributed by atoms with van der Waals surface area (Å²) in [4.78, 5) is 16.1. The van der Waals surface area contributed by atoms with Gasteiger partial charge < -0.3 is 15.4 Å². The molecule has 1 saturated carbocycles. The van der Waals surface area contributed by atoms with E-state index in [1.807, 2.05) is 7.05 Å². The number of hydrogen-bond acceptors (Lipinski definition) is 4. The Kier molecular flexibility index (Phi) is 5.17. The van der Waals surface area contributed by atoms with E-state index in [0.29, 0.717) is 6.54 Å². The molecule has 0 bridgehead atoms. The number of amides is 1. The summed E-state index contributed by atoms with van der Waals surface area (Å²) in [5.41, 5.74) is 6.80. The van der Waals surface area contributed by atoms with Crippen LogP contribution in [0, 0.1) is 18.3 Å². The number of thiophene rings is 1. The summed E-state index contributed by atoms with van der Waals surface area (Å²) in [7, 11) is 1.86. The van der Waals surface area contributed by atoms with Crippen molar-refractivity contribution in [1.29, 1.82) is 0 Å². The molecule has 2 fully saturated rings. The van der Waals surface area contributed by atoms with E-state index in [-0.39, 0.29) is 35.8 Å². The van der Waals surface area contributed by atoms with E-state index >= 15 is 0 Å². The second-order valence-electron chi connectivity index (χ2n) is 7.32. The van der Waals surface area contributed by atoms with Gasteiger partial charge in [0.2, 0.25) is 5.91 Å². The number of nitrogens with two attached hydrogens (primary N) is 1. The molecule has 3 rings (SSSR count). The second-order valence-corrected chi connectivity index (χ2v) is 8.32. The first-order chi connectivity index (χ1) is 10.3. The van der Waals surface area contributed by atoms with Gasteiger partial charge >= 0.3 is 0 Å². The maximum Gasteiger partial charge on any atom is 0.243 e. The lowest BCUT2D eigenvalue weighted by Crippen LogP contribution is -2.82. The number of hydrogen-bond donors (Lipinski definition) is 1. The van der Waals surface area contributed by atoms with Crippen molar-refractivity contribution in [3.05, 3.63) is 21.9 Å². The topological polar surface area (TPSA) is 55.6 Å². The van der Waals surface area contributed by atoms with Crippen molar-refractivity contribution in [2.45, 2.75) is 51.8 Å². The fraction of sp³-hybridized carbons (Fsp3) is 0.706. The third-order valence-corrected chi connectivity index (χ3v) is 6.74. The van der Waals surface area contributed by atoms with Crippen LogP contribution in [-0.2, 0) is 16.1 Å². The summed E-state index contributed by atoms with van der Waals surface area (Å²) in [6, 6.07) is 2.09. The third kappa shape index (κ3) is 2.62. The van der Waals surface area contributed by atoms with Gasteiger partial charge in [-0.3, -0.25) is 4.79 Å². The van der Waals surface area contributed by atoms with E-state index in [9.17, 15) is 4.79 Å². The van der Waals surface area contributed by atoms with Gasteiger partial charge in [-0.2, -0.15) is 0 Å². The van der Waals surface area contributed by atoms with Crippen LogP contribution >= 0.6 is 23.7 Å². The van der Waals surface area contributed by atoms with E-state index in [1.54, 1.807) is 16.2 Å². The lowest BCUT2D eigenvalue weighted by Gasteiger charge is -2.65. The first-order valence-electron chi connectivity index (χ1n) is 7.99. The van der Waals surface area contributed by atoms with Crippen LogP contribution in [0.25, 0.3) is 0 Å². The predicted octanol–water partition coefficient (Wildman–Crippen LogP) is 2.97. The molecule has 130 valence electrons. The first-order valence-corrected chi connectivity index (χ1v) is 8.87. The molecule has 23 heavy (non-hydrogen) atoms. The van der Waals surface area contributed by atoms with Gasteiger partial charge in [0, 0.05) is 29.9 Å². The van der Waals surface area contributed by atoms with Crippen molar-refractivity contribution in [3.63, 3.8) is 0 Å². The van der Waals surface area contributed by atoms with Crippen molar-refractivity contribution in [3.8, 4) is 0 Å². The van der Waals surface area contributed by atoms with Crippen LogP contribution < -0.4 is 5.73 Å². The Labute approximate surface area is 148 Å². The van der Waals surface area contributed by atoms with Gasteiger partial charge in [-0.05, 0) is 36.8 Å². The maximum atomic E-state index is 13.1. The minimum absolute atomic E-state index is 0. The van der Waals surface area contributed by atoms with Crippen molar-refractivity contribution >= 4 is 29.7 Å². The monoisotopic (exact) mass is 358 g/mol. The van der Waals surface area contributed by atoms with Gasteiger partial charge in [-0.1, -0.05) is 13.8 Å². The Hall–Kier alpha value is -0.620. The van der Waals surface area contributed by atoms with Crippen molar-refractivity contribution in [2.75, 3.05) is 13.7 Å². The van der Waals surface area contributed by atoms with E-state index in [0.717, 1.165) is 19.4 Å². The Morgan fingerprint density at radius 2 is 2.22 bits per heavy atom. The summed E-state index contributed by atoms with van der Waals surface area (Å²) in [6.07, 6.45) is 2.10. The molecule has 2 heterocycles. The largest absolute Gasteiger partial charge is 0.377 e. The molecule has 0 aromatic carbocycles. The highest BCUT2D eigenvalue weighted by Gasteiger charge is 2.70. The number of fused-ring (bicyclic) bond motifs is 1. The fourth-order valence-electron chi connectivity index (χ4n) is 4.18. The van der Waals surface area contributed by atoms with Gasteiger partial charge in [0.05, 0.1) is 12.6 Å². The standard InChI is InChI=1S/C17H26N2O2S.ClH/c1-11-7-9-22-13(11)10-19(4)15(20)17(18)12-6-5-8-21-14(12)16(17,2)3;/h7,9,12,14H,5-6,8,10,18H2,1-4H3;1H. The fourth-order valence-corrected chi connectivity index (χ4v) is 5.14. The van der Waals surface area contributed by atoms with Gasteiger partial charge in [0.1, 0.15) is 5.54 Å². The van der Waals surface area contributed by atoms with Gasteiger partial charge in [0.15, 0.2) is 0 Å². The summed E-state index contributed by atoms with van der Waals surface area (Å²) in [5, 5.41) is 2.07. The molecule has 1 aliphatic carbocycles. The van der Waals surface area contributed by atoms with E-state index in [1.165, 1.54) is 10.4 Å². The number of nitrogens with zero attached hydrogens (tertiary/aromatic N) is 1. The Bertz CT molecular complexity index is 589. The number of halogens is 1. The molecule has 1 aliphatic heterocycles. The maximum absolute atomic E-state index is 13.1. The number of likely N-dealkylation sites (N-methyl/N-ethyl adjacent to an activating group) is 1. The van der Waals surface area contributed by atoms with Crippen molar-refractivity contribution < 1.29 is 9.53 Å². The Morgan fingerprint density at radius 1 is 1.52 bits per heavy atom. The molecule has 0 spiro atoms. The predicted molar refractivity (Wildman–Crippen MR) is 95.9 cm³/mol. The van der Waals surface area contributed by atoms with Crippen LogP contribution in [0.5, 0.6) is 0 Å². The van der Waals surface area contributed by atoms with Crippen molar-refractivity contribution in [2.24, 2.45) is 17.1 Å². The highest BCUT2D eigenvalue weighted by Crippen LogP contribution is 2.57. The van der Waals surface area contributed by atoms with Crippen LogP contribution in [0.15, 0.2) is 11.4 Å². The molecule has 1 aromatic rings. The molecule has 3 atom stereocenters. The summed E-state index contributed by atoms with van der Waals surface area (Å²) >= 11 is 1.69. The highest BCUT2D eigenvalue weighted by molar-refractivity contribution is 7.10. The molecule has 1 amide bonds. The number of aryl methyl sites for hydroxylation is 1. The van der Waals surface area contributed by atoms with Crippen LogP contribution in [0.1, 0.15) is 37.1 Å². The van der Waals surface area contributed by atoms with E-state index < -0.39 is 5.54 Å². The average Bonchev–Trinajstić information content (AvgIpc) is 2.90. The normalized spacial score (nSPS) is 31.5. The highest BCUT2D eigenvalue weighted by atomic mass is 35.5. The van der Waals surface area contributed by atoms with Crippen LogP contribution in [0.3, 0.4) is 0 Å². The summed E-state index contributed by atoms with van der Waals surface area (Å²) in [6.45, 7) is 7.65. The molecule has 4 nitrogen and oxygen atoms in total. The molecule has 3 unspecified atom stereocenters. The minimum Gasteiger partial charge on any atom is -0.377 e. The molecule has 1 saturated heterocycles. The number of rotatable bonds is 3. The molecular formula is C17H27ClN2O2S. The van der Waals surface area contributed by atoms with E-state index in [4.69, 9.17) is 10.5 Å². The van der Waals surface area contributed by atoms with Crippen LogP contribution in [-0.4, -0.2) is 36.1 Å². The Balaban J connectivity index is 0.00000192. The van der Waals surface area contributed by atoms with Gasteiger partial charge in [-0.25, -0.2) is 0 Å². The van der Waals surface area contributed by atoms with Gasteiger partial charge in [-0.15, -0.1) is 23.7 Å².